The monoisotopic (exact) mass is 214 g/mol. The number of nitrogens with zero attached hydrogens (tertiary/aromatic N) is 1. The van der Waals surface area contributed by atoms with E-state index < -0.39 is 0 Å². The maximum Gasteiger partial charge on any atom is 1.00 e. The van der Waals surface area contributed by atoms with Gasteiger partial charge in [-0.05, 0) is 6.07 Å². The van der Waals surface area contributed by atoms with Crippen molar-refractivity contribution in [3.8, 4) is 0 Å². The minimum Gasteiger partial charge on any atom is -0.444 e. The summed E-state index contributed by atoms with van der Waals surface area (Å²) in [5.74, 6) is 0. The van der Waals surface area contributed by atoms with Gasteiger partial charge in [-0.3, -0.25) is 4.79 Å². The average Bonchev–Trinajstić information content (AvgIpc) is 2.62. The molecule has 0 atom stereocenters. The Morgan fingerprint density at radius 2 is 1.93 bits per heavy atom. The Hall–Kier alpha value is -1.17. The molecule has 2 rings (SSSR count). The van der Waals surface area contributed by atoms with Crippen LogP contribution in [0.3, 0.4) is 0 Å². The third kappa shape index (κ3) is 3.47. The summed E-state index contributed by atoms with van der Waals surface area (Å²) in [5.41, 5.74) is 1.73. The van der Waals surface area contributed by atoms with Crippen molar-refractivity contribution in [2.24, 2.45) is 5.34 Å². The smallest absolute Gasteiger partial charge is 0.444 e. The first kappa shape index (κ1) is 13.8. The predicted molar refractivity (Wildman–Crippen MR) is 52.8 cm³/mol. The zero-order valence-electron chi connectivity index (χ0n) is 8.14. The number of aromatic amines is 1. The molecule has 0 unspecified atom stereocenters. The van der Waals surface area contributed by atoms with Crippen LogP contribution in [0.5, 0.6) is 0 Å². The summed E-state index contributed by atoms with van der Waals surface area (Å²) in [6.07, 6.45) is 2.58. The topological polar surface area (TPSA) is 85.3 Å². The maximum atomic E-state index is 10.5. The van der Waals surface area contributed by atoms with Crippen LogP contribution in [-0.2, 0) is 0 Å². The minimum absolute atomic E-state index is 0. The maximum absolute atomic E-state index is 10.5. The van der Waals surface area contributed by atoms with E-state index in [4.69, 9.17) is 10.1 Å². The second-order valence-corrected chi connectivity index (χ2v) is 2.48. The van der Waals surface area contributed by atoms with Crippen molar-refractivity contribution in [1.82, 2.24) is 4.98 Å². The molecule has 0 aliphatic heterocycles. The Labute approximate surface area is 108 Å². The van der Waals surface area contributed by atoms with Gasteiger partial charge in [-0.25, -0.2) is 0 Å². The normalized spacial score (nSPS) is 8.27. The van der Waals surface area contributed by atoms with Crippen molar-refractivity contribution in [3.05, 3.63) is 46.1 Å². The van der Waals surface area contributed by atoms with Crippen molar-refractivity contribution in [1.29, 1.82) is 0 Å². The largest absolute Gasteiger partial charge is 1.00 e. The summed E-state index contributed by atoms with van der Waals surface area (Å²) in [6.45, 7) is 0. The molecule has 1 aromatic heterocycles. The first-order valence-corrected chi connectivity index (χ1v) is 3.79. The van der Waals surface area contributed by atoms with Crippen molar-refractivity contribution in [2.45, 2.75) is 0 Å². The van der Waals surface area contributed by atoms with Gasteiger partial charge in [0, 0.05) is 22.7 Å². The summed E-state index contributed by atoms with van der Waals surface area (Å²) in [4.78, 5) is 21.5. The standard InChI is InChI=1S/C9H7NO.HNO2.Na/c11-6-7-5-10-9-4-2-1-3-8(7)9;2-1-3;/h1-6,10H;(H,2,3);/q;;+1/p-1. The SMILES string of the molecule is O=Cc1c[nH]c2ccccc12.O=N[O-].[Na+]. The number of carbonyl (C=O) groups excluding carboxylic acids is 1. The molecule has 15 heavy (non-hydrogen) atoms. The molecule has 0 saturated heterocycles. The van der Waals surface area contributed by atoms with Crippen LogP contribution in [0.15, 0.2) is 35.8 Å². The van der Waals surface area contributed by atoms with E-state index in [9.17, 15) is 4.79 Å². The van der Waals surface area contributed by atoms with Gasteiger partial charge in [0.1, 0.15) is 0 Å². The van der Waals surface area contributed by atoms with Crippen LogP contribution in [0, 0.1) is 10.1 Å². The molecule has 5 nitrogen and oxygen atoms in total. The van der Waals surface area contributed by atoms with Crippen LogP contribution in [0.1, 0.15) is 10.4 Å². The minimum atomic E-state index is 0. The van der Waals surface area contributed by atoms with E-state index in [-0.39, 0.29) is 29.6 Å². The molecule has 0 fully saturated rings. The fourth-order valence-electron chi connectivity index (χ4n) is 1.19. The summed E-state index contributed by atoms with van der Waals surface area (Å²) >= 11 is 0. The van der Waals surface area contributed by atoms with E-state index in [0.717, 1.165) is 28.1 Å². The number of aldehydes is 1. The number of nitrogens with one attached hydrogen (secondary N) is 1. The van der Waals surface area contributed by atoms with E-state index in [2.05, 4.69) is 4.98 Å². The number of hydrogen-bond acceptors (Lipinski definition) is 4. The Bertz CT molecular complexity index is 442. The summed E-state index contributed by atoms with van der Waals surface area (Å²) in [6, 6.07) is 7.73. The number of para-hydroxylation sites is 1. The molecule has 0 amide bonds. The molecule has 1 heterocycles. The van der Waals surface area contributed by atoms with E-state index in [1.165, 1.54) is 0 Å². The first-order chi connectivity index (χ1) is 6.83. The van der Waals surface area contributed by atoms with Crippen LogP contribution in [-0.4, -0.2) is 11.3 Å². The fourth-order valence-corrected chi connectivity index (χ4v) is 1.19. The number of fused-ring (bicyclic) bond motifs is 1. The molecule has 0 spiro atoms. The number of benzene rings is 1. The quantitative estimate of drug-likeness (QED) is 0.293. The Morgan fingerprint density at radius 1 is 1.33 bits per heavy atom. The van der Waals surface area contributed by atoms with Crippen LogP contribution < -0.4 is 29.6 Å². The van der Waals surface area contributed by atoms with Gasteiger partial charge >= 0.3 is 29.6 Å². The van der Waals surface area contributed by atoms with Crippen molar-refractivity contribution in [2.75, 3.05) is 0 Å². The van der Waals surface area contributed by atoms with E-state index >= 15 is 0 Å². The third-order valence-electron chi connectivity index (χ3n) is 1.75. The molecule has 0 bridgehead atoms. The van der Waals surface area contributed by atoms with Gasteiger partial charge < -0.3 is 15.1 Å². The Balaban J connectivity index is 0.000000443. The number of rotatable bonds is 1. The molecular weight excluding hydrogens is 207 g/mol. The van der Waals surface area contributed by atoms with Gasteiger partial charge in [-0.15, -0.1) is 5.34 Å². The van der Waals surface area contributed by atoms with Crippen molar-refractivity contribution >= 4 is 17.2 Å². The van der Waals surface area contributed by atoms with Crippen LogP contribution in [0.25, 0.3) is 10.9 Å². The molecule has 0 radical (unpaired) electrons. The van der Waals surface area contributed by atoms with Crippen LogP contribution >= 0.6 is 0 Å². The van der Waals surface area contributed by atoms with Gasteiger partial charge in [0.25, 0.3) is 0 Å². The molecule has 1 aromatic carbocycles. The summed E-state index contributed by atoms with van der Waals surface area (Å²) in [5, 5.41) is 9.99. The van der Waals surface area contributed by atoms with Gasteiger partial charge in [0.2, 0.25) is 0 Å². The number of aromatic nitrogens is 1. The van der Waals surface area contributed by atoms with Crippen molar-refractivity contribution < 1.29 is 34.4 Å². The number of H-pyrrole nitrogens is 1. The number of hydrogen-bond donors (Lipinski definition) is 1. The van der Waals surface area contributed by atoms with E-state index in [1.807, 2.05) is 24.3 Å². The first-order valence-electron chi connectivity index (χ1n) is 3.79. The molecule has 0 saturated carbocycles. The average molecular weight is 214 g/mol. The third-order valence-corrected chi connectivity index (χ3v) is 1.75. The molecular formula is C9H7N2NaO3. The fraction of sp³-hybridized carbons (Fsp3) is 0. The molecule has 0 aliphatic carbocycles. The zero-order valence-corrected chi connectivity index (χ0v) is 10.1. The van der Waals surface area contributed by atoms with Gasteiger partial charge in [0.15, 0.2) is 6.29 Å². The molecule has 0 aliphatic rings. The Kier molecular flexibility index (Phi) is 6.61. The molecule has 6 heteroatoms. The predicted octanol–water partition coefficient (Wildman–Crippen LogP) is -0.765. The number of carbonyl (C=O) groups is 1. The summed E-state index contributed by atoms with van der Waals surface area (Å²) < 4.78 is 0. The molecule has 2 aromatic rings. The van der Waals surface area contributed by atoms with Gasteiger partial charge in [-0.2, -0.15) is 0 Å². The van der Waals surface area contributed by atoms with E-state index in [0.29, 0.717) is 0 Å². The van der Waals surface area contributed by atoms with Gasteiger partial charge in [-0.1, -0.05) is 18.2 Å². The van der Waals surface area contributed by atoms with Gasteiger partial charge in [0.05, 0.1) is 0 Å². The Morgan fingerprint density at radius 3 is 2.53 bits per heavy atom. The van der Waals surface area contributed by atoms with Crippen LogP contribution in [0.4, 0.5) is 0 Å². The second kappa shape index (κ2) is 7.17. The second-order valence-electron chi connectivity index (χ2n) is 2.48. The van der Waals surface area contributed by atoms with E-state index in [1.54, 1.807) is 6.20 Å². The van der Waals surface area contributed by atoms with Crippen molar-refractivity contribution in [3.63, 3.8) is 0 Å². The zero-order chi connectivity index (χ0) is 10.4. The molecule has 1 N–H and O–H groups in total. The summed E-state index contributed by atoms with van der Waals surface area (Å²) in [7, 11) is 0. The van der Waals surface area contributed by atoms with Crippen LogP contribution in [0.2, 0.25) is 0 Å². The molecule has 72 valence electrons.